The molecule has 2 rings (SSSR count). The van der Waals surface area contributed by atoms with Gasteiger partial charge in [-0.05, 0) is 40.0 Å². The molecule has 12 heteroatoms. The summed E-state index contributed by atoms with van der Waals surface area (Å²) in [5.74, 6) is -1.63. The molecule has 0 N–H and O–H groups in total. The van der Waals surface area contributed by atoms with E-state index >= 15 is 0 Å². The molecule has 1 aliphatic rings. The fourth-order valence-electron chi connectivity index (χ4n) is 3.05. The van der Waals surface area contributed by atoms with Crippen molar-refractivity contribution in [2.75, 3.05) is 20.4 Å². The molecule has 1 amide bonds. The fourth-order valence-corrected chi connectivity index (χ4v) is 3.50. The predicted octanol–water partition coefficient (Wildman–Crippen LogP) is 1.46. The number of fused-ring (bicyclic) bond motifs is 1. The number of esters is 1. The van der Waals surface area contributed by atoms with E-state index in [1.807, 2.05) is 0 Å². The second-order valence-corrected chi connectivity index (χ2v) is 9.56. The lowest BCUT2D eigenvalue weighted by molar-refractivity contribution is 0.0202. The SMILES string of the molecule is COC(=O)c1nc2n(c(=O)c1OS(C)(=O)=O)CCCC[C@@H]2N(C)C(=O)OC(C)(C)C. The Morgan fingerprint density at radius 1 is 1.23 bits per heavy atom. The first-order chi connectivity index (χ1) is 13.7. The standard InChI is InChI=1S/C18H27N3O8S/c1-18(2,3)28-17(24)20(4)11-9-7-8-10-21-14(11)19-12(16(23)27-5)13(15(21)22)29-30(6,25)26/h11H,7-10H2,1-6H3/t11-/m0/s1. The van der Waals surface area contributed by atoms with Crippen molar-refractivity contribution < 1.29 is 31.7 Å². The van der Waals surface area contributed by atoms with E-state index in [9.17, 15) is 22.8 Å². The van der Waals surface area contributed by atoms with E-state index in [0.29, 0.717) is 19.3 Å². The maximum atomic E-state index is 13.0. The third-order valence-electron chi connectivity index (χ3n) is 4.33. The minimum Gasteiger partial charge on any atom is -0.464 e. The Bertz CT molecular complexity index is 994. The third kappa shape index (κ3) is 5.49. The summed E-state index contributed by atoms with van der Waals surface area (Å²) in [5, 5.41) is 0. The number of carbonyl (C=O) groups excluding carboxylic acids is 2. The monoisotopic (exact) mass is 445 g/mol. The van der Waals surface area contributed by atoms with Gasteiger partial charge in [0.25, 0.3) is 5.56 Å². The van der Waals surface area contributed by atoms with E-state index in [4.69, 9.17) is 8.92 Å². The lowest BCUT2D eigenvalue weighted by Gasteiger charge is -2.30. The largest absolute Gasteiger partial charge is 0.464 e. The Balaban J connectivity index is 2.66. The Kier molecular flexibility index (Phi) is 6.80. The van der Waals surface area contributed by atoms with Crippen LogP contribution in [0.15, 0.2) is 4.79 Å². The smallest absolute Gasteiger partial charge is 0.410 e. The van der Waals surface area contributed by atoms with Gasteiger partial charge in [0.1, 0.15) is 11.4 Å². The van der Waals surface area contributed by atoms with Crippen LogP contribution in [0.25, 0.3) is 0 Å². The Morgan fingerprint density at radius 2 is 1.87 bits per heavy atom. The van der Waals surface area contributed by atoms with Crippen molar-refractivity contribution >= 4 is 22.2 Å². The third-order valence-corrected chi connectivity index (χ3v) is 4.80. The molecule has 1 aromatic rings. The van der Waals surface area contributed by atoms with E-state index < -0.39 is 50.8 Å². The number of hydrogen-bond donors (Lipinski definition) is 0. The molecule has 30 heavy (non-hydrogen) atoms. The molecule has 0 radical (unpaired) electrons. The molecule has 0 saturated heterocycles. The minimum absolute atomic E-state index is 0.132. The average molecular weight is 445 g/mol. The minimum atomic E-state index is -4.11. The van der Waals surface area contributed by atoms with Gasteiger partial charge in [0, 0.05) is 13.6 Å². The average Bonchev–Trinajstić information content (AvgIpc) is 2.82. The van der Waals surface area contributed by atoms with Crippen LogP contribution in [0.4, 0.5) is 4.79 Å². The van der Waals surface area contributed by atoms with Crippen molar-refractivity contribution in [1.82, 2.24) is 14.5 Å². The molecule has 0 aliphatic carbocycles. The summed E-state index contributed by atoms with van der Waals surface area (Å²) in [6.45, 7) is 5.41. The molecule has 1 aliphatic heterocycles. The van der Waals surface area contributed by atoms with Crippen LogP contribution in [0.2, 0.25) is 0 Å². The molecule has 168 valence electrons. The van der Waals surface area contributed by atoms with E-state index in [2.05, 4.69) is 9.72 Å². The number of hydrogen-bond acceptors (Lipinski definition) is 9. The zero-order valence-electron chi connectivity index (χ0n) is 17.9. The van der Waals surface area contributed by atoms with Crippen LogP contribution in [-0.4, -0.2) is 60.9 Å². The van der Waals surface area contributed by atoms with E-state index in [0.717, 1.165) is 13.4 Å². The Morgan fingerprint density at radius 3 is 2.40 bits per heavy atom. The van der Waals surface area contributed by atoms with Gasteiger partial charge in [0.15, 0.2) is 5.69 Å². The zero-order valence-corrected chi connectivity index (χ0v) is 18.7. The molecule has 0 aromatic carbocycles. The molecule has 0 unspecified atom stereocenters. The van der Waals surface area contributed by atoms with Gasteiger partial charge in [0.05, 0.1) is 19.4 Å². The quantitative estimate of drug-likeness (QED) is 0.498. The highest BCUT2D eigenvalue weighted by molar-refractivity contribution is 7.86. The molecule has 1 aromatic heterocycles. The van der Waals surface area contributed by atoms with Crippen molar-refractivity contribution in [2.24, 2.45) is 0 Å². The lowest BCUT2D eigenvalue weighted by Crippen LogP contribution is -2.39. The predicted molar refractivity (Wildman–Crippen MR) is 106 cm³/mol. The van der Waals surface area contributed by atoms with Gasteiger partial charge in [-0.25, -0.2) is 14.6 Å². The zero-order chi connectivity index (χ0) is 22.9. The number of ether oxygens (including phenoxy) is 2. The molecule has 0 bridgehead atoms. The van der Waals surface area contributed by atoms with E-state index in [1.165, 1.54) is 16.5 Å². The van der Waals surface area contributed by atoms with Crippen molar-refractivity contribution in [3.63, 3.8) is 0 Å². The lowest BCUT2D eigenvalue weighted by atomic mass is 10.1. The molecule has 1 atom stereocenters. The van der Waals surface area contributed by atoms with Gasteiger partial charge in [-0.1, -0.05) is 0 Å². The molecule has 0 saturated carbocycles. The van der Waals surface area contributed by atoms with Crippen LogP contribution in [-0.2, 0) is 26.1 Å². The van der Waals surface area contributed by atoms with Crippen LogP contribution in [0.3, 0.4) is 0 Å². The molecular weight excluding hydrogens is 418 g/mol. The number of nitrogens with zero attached hydrogens (tertiary/aromatic N) is 3. The first-order valence-corrected chi connectivity index (χ1v) is 11.1. The number of methoxy groups -OCH3 is 1. The fraction of sp³-hybridized carbons (Fsp3) is 0.667. The van der Waals surface area contributed by atoms with Gasteiger partial charge < -0.3 is 18.6 Å². The summed E-state index contributed by atoms with van der Waals surface area (Å²) in [7, 11) is -1.52. The molecule has 2 heterocycles. The Hall–Kier alpha value is -2.63. The maximum Gasteiger partial charge on any atom is 0.410 e. The normalized spacial score (nSPS) is 16.8. The summed E-state index contributed by atoms with van der Waals surface area (Å²) < 4.78 is 39.3. The first kappa shape index (κ1) is 23.6. The van der Waals surface area contributed by atoms with Crippen molar-refractivity contribution in [2.45, 2.75) is 58.2 Å². The topological polar surface area (TPSA) is 134 Å². The summed E-state index contributed by atoms with van der Waals surface area (Å²) in [6, 6.07) is -0.675. The number of amides is 1. The van der Waals surface area contributed by atoms with Gasteiger partial charge in [-0.2, -0.15) is 8.42 Å². The van der Waals surface area contributed by atoms with Gasteiger partial charge in [-0.3, -0.25) is 9.36 Å². The summed E-state index contributed by atoms with van der Waals surface area (Å²) in [6.07, 6.45) is 1.85. The van der Waals surface area contributed by atoms with Crippen LogP contribution in [0.5, 0.6) is 5.75 Å². The highest BCUT2D eigenvalue weighted by atomic mass is 32.2. The van der Waals surface area contributed by atoms with Gasteiger partial charge >= 0.3 is 22.2 Å². The van der Waals surface area contributed by atoms with E-state index in [1.54, 1.807) is 20.8 Å². The summed E-state index contributed by atoms with van der Waals surface area (Å²) in [5.41, 5.74) is -2.13. The van der Waals surface area contributed by atoms with Gasteiger partial charge in [0.2, 0.25) is 5.75 Å². The summed E-state index contributed by atoms with van der Waals surface area (Å²) in [4.78, 5) is 43.4. The van der Waals surface area contributed by atoms with Crippen LogP contribution in [0.1, 0.15) is 62.4 Å². The molecule has 0 spiro atoms. The Labute approximate surface area is 175 Å². The highest BCUT2D eigenvalue weighted by Gasteiger charge is 2.34. The number of rotatable bonds is 4. The molecule has 0 fully saturated rings. The molecular formula is C18H27N3O8S. The number of aromatic nitrogens is 2. The van der Waals surface area contributed by atoms with Crippen LogP contribution < -0.4 is 9.74 Å². The van der Waals surface area contributed by atoms with E-state index in [-0.39, 0.29) is 12.4 Å². The number of carbonyl (C=O) groups is 2. The van der Waals surface area contributed by atoms with Gasteiger partial charge in [-0.15, -0.1) is 0 Å². The molecule has 11 nitrogen and oxygen atoms in total. The second-order valence-electron chi connectivity index (χ2n) is 7.99. The van der Waals surface area contributed by atoms with Crippen LogP contribution in [0, 0.1) is 0 Å². The maximum absolute atomic E-state index is 13.0. The second kappa shape index (κ2) is 8.62. The van der Waals surface area contributed by atoms with Crippen molar-refractivity contribution in [1.29, 1.82) is 0 Å². The van der Waals surface area contributed by atoms with Crippen molar-refractivity contribution in [3.05, 3.63) is 21.9 Å². The van der Waals surface area contributed by atoms with Crippen LogP contribution >= 0.6 is 0 Å². The highest BCUT2D eigenvalue weighted by Crippen LogP contribution is 2.30. The summed E-state index contributed by atoms with van der Waals surface area (Å²) >= 11 is 0. The van der Waals surface area contributed by atoms with Crippen molar-refractivity contribution in [3.8, 4) is 5.75 Å². The first-order valence-electron chi connectivity index (χ1n) is 9.33.